The van der Waals surface area contributed by atoms with Gasteiger partial charge in [0.05, 0.1) is 10.7 Å². The van der Waals surface area contributed by atoms with Crippen LogP contribution in [0, 0.1) is 5.92 Å². The summed E-state index contributed by atoms with van der Waals surface area (Å²) in [6, 6.07) is 0. The number of likely N-dealkylation sites (tertiary alicyclic amines) is 1. The van der Waals surface area contributed by atoms with Gasteiger partial charge >= 0.3 is 6.09 Å². The molecule has 0 radical (unpaired) electrons. The number of aliphatic hydroxyl groups excluding tert-OH is 1. The Labute approximate surface area is 154 Å². The molecule has 2 fully saturated rings. The molecule has 2 aliphatic heterocycles. The van der Waals surface area contributed by atoms with E-state index in [0.717, 1.165) is 42.9 Å². The minimum absolute atomic E-state index is 0.0270. The number of carbonyl (C=O) groups is 1. The molecule has 0 aromatic rings. The molecule has 0 saturated carbocycles. The lowest BCUT2D eigenvalue weighted by Gasteiger charge is -2.38. The minimum atomic E-state index is -0.460. The first kappa shape index (κ1) is 20.0. The second kappa shape index (κ2) is 8.37. The number of carbonyl (C=O) groups excluding carboxylic acids is 1. The topological polar surface area (TPSA) is 49.8 Å². The van der Waals surface area contributed by atoms with Crippen LogP contribution < -0.4 is 0 Å². The third kappa shape index (κ3) is 5.60. The van der Waals surface area contributed by atoms with E-state index < -0.39 is 5.60 Å². The Morgan fingerprint density at radius 2 is 2.08 bits per heavy atom. The molecule has 138 valence electrons. The molecule has 0 aromatic heterocycles. The number of piperidine rings is 1. The van der Waals surface area contributed by atoms with Crippen molar-refractivity contribution in [3.8, 4) is 0 Å². The van der Waals surface area contributed by atoms with Gasteiger partial charge in [-0.2, -0.15) is 0 Å². The van der Waals surface area contributed by atoms with E-state index in [0.29, 0.717) is 12.5 Å². The van der Waals surface area contributed by atoms with Crippen molar-refractivity contribution >= 4 is 29.6 Å². The van der Waals surface area contributed by atoms with Crippen molar-refractivity contribution in [1.29, 1.82) is 0 Å². The molecular formula is C18H31NO3S2. The maximum absolute atomic E-state index is 12.2. The first-order chi connectivity index (χ1) is 11.2. The first-order valence-corrected chi connectivity index (χ1v) is 10.8. The minimum Gasteiger partial charge on any atom is -0.444 e. The van der Waals surface area contributed by atoms with Gasteiger partial charge in [0, 0.05) is 13.1 Å². The van der Waals surface area contributed by atoms with Crippen molar-refractivity contribution < 1.29 is 14.6 Å². The molecule has 1 atom stereocenters. The Morgan fingerprint density at radius 1 is 1.42 bits per heavy atom. The van der Waals surface area contributed by atoms with Crippen molar-refractivity contribution in [1.82, 2.24) is 4.90 Å². The molecule has 2 saturated heterocycles. The van der Waals surface area contributed by atoms with Gasteiger partial charge in [0.2, 0.25) is 0 Å². The summed E-state index contributed by atoms with van der Waals surface area (Å²) < 4.78 is 5.43. The van der Waals surface area contributed by atoms with Gasteiger partial charge in [0.25, 0.3) is 0 Å². The summed E-state index contributed by atoms with van der Waals surface area (Å²) in [7, 11) is 0. The van der Waals surface area contributed by atoms with Crippen LogP contribution in [0.25, 0.3) is 0 Å². The number of thioether (sulfide) groups is 2. The van der Waals surface area contributed by atoms with Gasteiger partial charge < -0.3 is 14.7 Å². The predicted molar refractivity (Wildman–Crippen MR) is 104 cm³/mol. The van der Waals surface area contributed by atoms with Crippen LogP contribution in [0.5, 0.6) is 0 Å². The second-order valence-electron chi connectivity index (χ2n) is 7.70. The number of nitrogens with zero attached hydrogens (tertiary/aromatic N) is 1. The fourth-order valence-electron chi connectivity index (χ4n) is 3.13. The van der Waals surface area contributed by atoms with Crippen LogP contribution in [0.15, 0.2) is 12.2 Å². The molecule has 0 aromatic carbocycles. The van der Waals surface area contributed by atoms with Crippen molar-refractivity contribution in [3.63, 3.8) is 0 Å². The lowest BCUT2D eigenvalue weighted by atomic mass is 9.88. The number of ether oxygens (including phenoxy) is 1. The summed E-state index contributed by atoms with van der Waals surface area (Å²) in [5.41, 5.74) is 0.657. The summed E-state index contributed by atoms with van der Waals surface area (Å²) in [4.78, 5) is 14.0. The van der Waals surface area contributed by atoms with E-state index >= 15 is 0 Å². The fraction of sp³-hybridized carbons (Fsp3) is 0.833. The average Bonchev–Trinajstić information content (AvgIpc) is 2.53. The van der Waals surface area contributed by atoms with Crippen LogP contribution in [0.2, 0.25) is 0 Å². The van der Waals surface area contributed by atoms with E-state index in [4.69, 9.17) is 4.74 Å². The van der Waals surface area contributed by atoms with Gasteiger partial charge in [-0.15, -0.1) is 23.5 Å². The van der Waals surface area contributed by atoms with Gasteiger partial charge in [-0.1, -0.05) is 12.2 Å². The Morgan fingerprint density at radius 3 is 2.62 bits per heavy atom. The Kier molecular flexibility index (Phi) is 6.97. The molecule has 0 bridgehead atoms. The van der Waals surface area contributed by atoms with Crippen molar-refractivity contribution in [2.45, 2.75) is 56.1 Å². The molecule has 2 rings (SSSR count). The quantitative estimate of drug-likeness (QED) is 0.751. The summed E-state index contributed by atoms with van der Waals surface area (Å²) >= 11 is 3.82. The number of amides is 1. The van der Waals surface area contributed by atoms with Crippen molar-refractivity contribution in [2.75, 3.05) is 31.2 Å². The SMILES string of the molecule is C=C1CN(C(=O)OC(C)(C)C)CCC1CCC1(CO)SCCCS1. The monoisotopic (exact) mass is 373 g/mol. The van der Waals surface area contributed by atoms with Gasteiger partial charge in [-0.3, -0.25) is 0 Å². The fourth-order valence-corrected chi connectivity index (χ4v) is 6.17. The number of rotatable bonds is 4. The highest BCUT2D eigenvalue weighted by Crippen LogP contribution is 2.46. The van der Waals surface area contributed by atoms with E-state index in [9.17, 15) is 9.90 Å². The molecule has 1 unspecified atom stereocenters. The number of aliphatic hydroxyl groups is 1. The lowest BCUT2D eigenvalue weighted by Crippen LogP contribution is -2.43. The standard InChI is InChI=1S/C18H31NO3S2/c1-14-12-19(16(21)22-17(2,3)4)9-7-15(14)6-8-18(13-20)23-10-5-11-24-18/h15,20H,1,5-13H2,2-4H3. The zero-order valence-corrected chi connectivity index (χ0v) is 16.8. The first-order valence-electron chi connectivity index (χ1n) is 8.79. The van der Waals surface area contributed by atoms with E-state index in [1.54, 1.807) is 4.90 Å². The van der Waals surface area contributed by atoms with Crippen LogP contribution in [0.1, 0.15) is 46.5 Å². The van der Waals surface area contributed by atoms with Crippen LogP contribution in [0.3, 0.4) is 0 Å². The van der Waals surface area contributed by atoms with Crippen LogP contribution in [-0.4, -0.2) is 57.0 Å². The third-order valence-corrected chi connectivity index (χ3v) is 7.92. The summed E-state index contributed by atoms with van der Waals surface area (Å²) in [5.74, 6) is 2.73. The van der Waals surface area contributed by atoms with E-state index in [1.807, 2.05) is 44.3 Å². The van der Waals surface area contributed by atoms with Crippen molar-refractivity contribution in [2.24, 2.45) is 5.92 Å². The molecule has 2 heterocycles. The highest BCUT2D eigenvalue weighted by atomic mass is 32.2. The van der Waals surface area contributed by atoms with E-state index in [1.165, 1.54) is 6.42 Å². The lowest BCUT2D eigenvalue weighted by molar-refractivity contribution is 0.0228. The molecule has 2 aliphatic rings. The highest BCUT2D eigenvalue weighted by Gasteiger charge is 2.35. The Hall–Kier alpha value is -0.330. The van der Waals surface area contributed by atoms with Crippen molar-refractivity contribution in [3.05, 3.63) is 12.2 Å². The van der Waals surface area contributed by atoms with Gasteiger partial charge in [-0.05, 0) is 63.9 Å². The predicted octanol–water partition coefficient (Wildman–Crippen LogP) is 4.14. The molecule has 1 N–H and O–H groups in total. The Balaban J connectivity index is 1.83. The van der Waals surface area contributed by atoms with Crippen LogP contribution in [-0.2, 0) is 4.74 Å². The summed E-state index contributed by atoms with van der Waals surface area (Å²) in [6.45, 7) is 11.4. The molecule has 6 heteroatoms. The zero-order valence-electron chi connectivity index (χ0n) is 15.2. The molecule has 0 aliphatic carbocycles. The van der Waals surface area contributed by atoms with Gasteiger partial charge in [0.15, 0.2) is 0 Å². The van der Waals surface area contributed by atoms with Crippen LogP contribution >= 0.6 is 23.5 Å². The average molecular weight is 374 g/mol. The zero-order chi connectivity index (χ0) is 17.8. The van der Waals surface area contributed by atoms with Gasteiger partial charge in [0.1, 0.15) is 5.60 Å². The molecular weight excluding hydrogens is 342 g/mol. The molecule has 4 nitrogen and oxygen atoms in total. The summed E-state index contributed by atoms with van der Waals surface area (Å²) in [6.07, 6.45) is 3.98. The normalized spacial score (nSPS) is 24.8. The smallest absolute Gasteiger partial charge is 0.410 e. The second-order valence-corrected chi connectivity index (χ2v) is 10.9. The molecule has 0 spiro atoms. The highest BCUT2D eigenvalue weighted by molar-refractivity contribution is 8.18. The number of hydrogen-bond donors (Lipinski definition) is 1. The third-order valence-electron chi connectivity index (χ3n) is 4.50. The van der Waals surface area contributed by atoms with Gasteiger partial charge in [-0.25, -0.2) is 4.79 Å². The largest absolute Gasteiger partial charge is 0.444 e. The maximum Gasteiger partial charge on any atom is 0.410 e. The maximum atomic E-state index is 12.2. The van der Waals surface area contributed by atoms with E-state index in [2.05, 4.69) is 6.58 Å². The van der Waals surface area contributed by atoms with E-state index in [-0.39, 0.29) is 16.8 Å². The molecule has 24 heavy (non-hydrogen) atoms. The molecule has 1 amide bonds. The Bertz CT molecular complexity index is 456. The van der Waals surface area contributed by atoms with Crippen LogP contribution in [0.4, 0.5) is 4.79 Å². The number of hydrogen-bond acceptors (Lipinski definition) is 5. The summed E-state index contributed by atoms with van der Waals surface area (Å²) in [5, 5.41) is 9.83.